The molecule has 3 N–H and O–H groups in total. The first kappa shape index (κ1) is 24.7. The van der Waals surface area contributed by atoms with Crippen molar-refractivity contribution in [3.05, 3.63) is 17.5 Å². The summed E-state index contributed by atoms with van der Waals surface area (Å²) in [6, 6.07) is 1.34. The first-order valence-corrected chi connectivity index (χ1v) is 8.32. The minimum Gasteiger partial charge on any atom is -0.360 e. The number of hydrogen-bond acceptors (Lipinski definition) is 6. The maximum atomic E-state index is 12.2. The van der Waals surface area contributed by atoms with Gasteiger partial charge in [0, 0.05) is 32.2 Å². The molecular weight excluding hydrogens is 381 g/mol. The first-order chi connectivity index (χ1) is 11.4. The quantitative estimate of drug-likeness (QED) is 0.711. The number of halogens is 2. The number of aromatic nitrogens is 1. The van der Waals surface area contributed by atoms with Gasteiger partial charge in [0.25, 0.3) is 0 Å². The van der Waals surface area contributed by atoms with Crippen molar-refractivity contribution in [3.8, 4) is 0 Å². The number of carbonyl (C=O) groups is 2. The second kappa shape index (κ2) is 11.4. The van der Waals surface area contributed by atoms with Crippen LogP contribution in [-0.2, 0) is 16.1 Å². The fourth-order valence-corrected chi connectivity index (χ4v) is 2.56. The molecule has 10 heteroatoms. The summed E-state index contributed by atoms with van der Waals surface area (Å²) in [7, 11) is 0. The van der Waals surface area contributed by atoms with E-state index in [9.17, 15) is 9.59 Å². The van der Waals surface area contributed by atoms with Crippen molar-refractivity contribution in [2.75, 3.05) is 32.7 Å². The van der Waals surface area contributed by atoms with E-state index < -0.39 is 6.04 Å². The summed E-state index contributed by atoms with van der Waals surface area (Å²) in [5.74, 6) is 0.526. The van der Waals surface area contributed by atoms with E-state index in [1.54, 1.807) is 4.90 Å². The Morgan fingerprint density at radius 3 is 2.38 bits per heavy atom. The Hall–Kier alpha value is -1.35. The van der Waals surface area contributed by atoms with E-state index in [4.69, 9.17) is 10.3 Å². The number of aryl methyl sites for hydroxylation is 1. The number of nitrogens with two attached hydrogens (primary N) is 1. The summed E-state index contributed by atoms with van der Waals surface area (Å²) >= 11 is 0. The van der Waals surface area contributed by atoms with Crippen LogP contribution in [0.15, 0.2) is 10.6 Å². The van der Waals surface area contributed by atoms with E-state index in [1.165, 1.54) is 0 Å². The van der Waals surface area contributed by atoms with E-state index in [0.29, 0.717) is 19.6 Å². The lowest BCUT2D eigenvalue weighted by molar-refractivity contribution is -0.134. The summed E-state index contributed by atoms with van der Waals surface area (Å²) in [6.07, 6.45) is 0. The highest BCUT2D eigenvalue weighted by atomic mass is 35.5. The molecule has 0 saturated carbocycles. The monoisotopic (exact) mass is 409 g/mol. The van der Waals surface area contributed by atoms with Gasteiger partial charge in [-0.1, -0.05) is 19.0 Å². The molecule has 1 saturated heterocycles. The Kier molecular flexibility index (Phi) is 10.8. The van der Waals surface area contributed by atoms with Crippen LogP contribution in [0, 0.1) is 12.8 Å². The molecule has 0 unspecified atom stereocenters. The molecule has 1 aliphatic rings. The molecule has 2 amide bonds. The second-order valence-electron chi connectivity index (χ2n) is 6.58. The molecule has 8 nitrogen and oxygen atoms in total. The molecular formula is C16H29Cl2N5O3. The van der Waals surface area contributed by atoms with Crippen molar-refractivity contribution in [2.24, 2.45) is 11.7 Å². The van der Waals surface area contributed by atoms with Crippen LogP contribution in [0.3, 0.4) is 0 Å². The molecule has 2 heterocycles. The number of nitrogens with zero attached hydrogens (tertiary/aromatic N) is 3. The van der Waals surface area contributed by atoms with Crippen molar-refractivity contribution < 1.29 is 14.1 Å². The van der Waals surface area contributed by atoms with Crippen LogP contribution in [0.25, 0.3) is 0 Å². The average molecular weight is 410 g/mol. The third-order valence-electron chi connectivity index (χ3n) is 4.22. The topological polar surface area (TPSA) is 105 Å². The van der Waals surface area contributed by atoms with Crippen LogP contribution < -0.4 is 11.1 Å². The zero-order valence-electron chi connectivity index (χ0n) is 15.4. The van der Waals surface area contributed by atoms with Crippen molar-refractivity contribution in [1.82, 2.24) is 20.3 Å². The summed E-state index contributed by atoms with van der Waals surface area (Å²) in [6.45, 7) is 9.15. The summed E-state index contributed by atoms with van der Waals surface area (Å²) in [5, 5.41) is 6.50. The number of rotatable bonds is 6. The number of amides is 2. The van der Waals surface area contributed by atoms with Gasteiger partial charge in [-0.15, -0.1) is 24.8 Å². The van der Waals surface area contributed by atoms with Gasteiger partial charge in [0.2, 0.25) is 11.8 Å². The summed E-state index contributed by atoms with van der Waals surface area (Å²) in [5.41, 5.74) is 6.63. The normalized spacial score (nSPS) is 15.8. The van der Waals surface area contributed by atoms with Crippen LogP contribution in [-0.4, -0.2) is 65.5 Å². The van der Waals surface area contributed by atoms with E-state index >= 15 is 0 Å². The third kappa shape index (κ3) is 7.11. The Balaban J connectivity index is 0.00000312. The van der Waals surface area contributed by atoms with E-state index in [1.807, 2.05) is 26.8 Å². The predicted octanol–water partition coefficient (Wildman–Crippen LogP) is 0.570. The van der Waals surface area contributed by atoms with Crippen LogP contribution in [0.1, 0.15) is 25.3 Å². The molecule has 1 atom stereocenters. The molecule has 0 spiro atoms. The van der Waals surface area contributed by atoms with Gasteiger partial charge in [0.1, 0.15) is 0 Å². The number of piperazine rings is 1. The standard InChI is InChI=1S/C16H27N5O3.2ClH/c1-11(2)15(17)16(23)18-9-14(22)21-6-4-20(5-7-21)10-13-8-12(3)19-24-13;;/h8,11,15H,4-7,9-10,17H2,1-3H3,(H,18,23);2*1H/t15-;;/m0../s1. The van der Waals surface area contributed by atoms with E-state index in [-0.39, 0.29) is 49.1 Å². The van der Waals surface area contributed by atoms with Gasteiger partial charge in [-0.3, -0.25) is 14.5 Å². The minimum absolute atomic E-state index is 0. The first-order valence-electron chi connectivity index (χ1n) is 8.32. The van der Waals surface area contributed by atoms with Crippen LogP contribution >= 0.6 is 24.8 Å². The second-order valence-corrected chi connectivity index (χ2v) is 6.58. The number of carbonyl (C=O) groups excluding carboxylic acids is 2. The fourth-order valence-electron chi connectivity index (χ4n) is 2.56. The lowest BCUT2D eigenvalue weighted by Gasteiger charge is -2.34. The van der Waals surface area contributed by atoms with Crippen LogP contribution in [0.2, 0.25) is 0 Å². The van der Waals surface area contributed by atoms with Gasteiger partial charge in [0.15, 0.2) is 5.76 Å². The van der Waals surface area contributed by atoms with Crippen LogP contribution in [0.4, 0.5) is 0 Å². The highest BCUT2D eigenvalue weighted by Gasteiger charge is 2.23. The molecule has 26 heavy (non-hydrogen) atoms. The Morgan fingerprint density at radius 1 is 1.27 bits per heavy atom. The Morgan fingerprint density at radius 2 is 1.88 bits per heavy atom. The number of hydrogen-bond donors (Lipinski definition) is 2. The summed E-state index contributed by atoms with van der Waals surface area (Å²) < 4.78 is 5.22. The molecule has 1 aliphatic heterocycles. The van der Waals surface area contributed by atoms with Gasteiger partial charge >= 0.3 is 0 Å². The highest BCUT2D eigenvalue weighted by molar-refractivity contribution is 5.87. The Labute approximate surface area is 166 Å². The molecule has 150 valence electrons. The Bertz CT molecular complexity index is 574. The maximum Gasteiger partial charge on any atom is 0.242 e. The predicted molar refractivity (Wildman–Crippen MR) is 103 cm³/mol. The summed E-state index contributed by atoms with van der Waals surface area (Å²) in [4.78, 5) is 28.0. The lowest BCUT2D eigenvalue weighted by Crippen LogP contribution is -2.52. The molecule has 1 aromatic rings. The van der Waals surface area contributed by atoms with Crippen molar-refractivity contribution in [3.63, 3.8) is 0 Å². The van der Waals surface area contributed by atoms with Gasteiger partial charge in [-0.2, -0.15) is 0 Å². The molecule has 2 rings (SSSR count). The zero-order valence-corrected chi connectivity index (χ0v) is 17.1. The largest absolute Gasteiger partial charge is 0.360 e. The molecule has 0 aliphatic carbocycles. The SMILES string of the molecule is Cc1cc(CN2CCN(C(=O)CNC(=O)[C@@H](N)C(C)C)CC2)on1.Cl.Cl. The zero-order chi connectivity index (χ0) is 17.7. The van der Waals surface area contributed by atoms with Gasteiger partial charge in [0.05, 0.1) is 24.8 Å². The minimum atomic E-state index is -0.583. The molecule has 0 bridgehead atoms. The van der Waals surface area contributed by atoms with Gasteiger partial charge in [-0.25, -0.2) is 0 Å². The molecule has 1 fully saturated rings. The highest BCUT2D eigenvalue weighted by Crippen LogP contribution is 2.09. The molecule has 0 aromatic carbocycles. The van der Waals surface area contributed by atoms with E-state index in [2.05, 4.69) is 15.4 Å². The van der Waals surface area contributed by atoms with Gasteiger partial charge in [-0.05, 0) is 12.8 Å². The molecule has 1 aromatic heterocycles. The van der Waals surface area contributed by atoms with Crippen molar-refractivity contribution in [2.45, 2.75) is 33.4 Å². The maximum absolute atomic E-state index is 12.2. The lowest BCUT2D eigenvalue weighted by atomic mass is 10.1. The van der Waals surface area contributed by atoms with Crippen molar-refractivity contribution in [1.29, 1.82) is 0 Å². The average Bonchev–Trinajstić information content (AvgIpc) is 2.97. The fraction of sp³-hybridized carbons (Fsp3) is 0.688. The smallest absolute Gasteiger partial charge is 0.242 e. The van der Waals surface area contributed by atoms with Crippen molar-refractivity contribution >= 4 is 36.6 Å². The number of nitrogens with one attached hydrogen (secondary N) is 1. The van der Waals surface area contributed by atoms with Crippen LogP contribution in [0.5, 0.6) is 0 Å². The molecule has 0 radical (unpaired) electrons. The third-order valence-corrected chi connectivity index (χ3v) is 4.22. The van der Waals surface area contributed by atoms with Gasteiger partial charge < -0.3 is 20.5 Å². The van der Waals surface area contributed by atoms with E-state index in [0.717, 1.165) is 24.5 Å².